The van der Waals surface area contributed by atoms with Crippen LogP contribution in [-0.4, -0.2) is 60.6 Å². The van der Waals surface area contributed by atoms with Gasteiger partial charge in [-0.3, -0.25) is 24.0 Å². The minimum atomic E-state index is -0.133. The highest BCUT2D eigenvalue weighted by Crippen LogP contribution is 2.15. The van der Waals surface area contributed by atoms with E-state index in [1.54, 1.807) is 17.9 Å². The quantitative estimate of drug-likeness (QED) is 0.736. The molecule has 138 valence electrons. The zero-order valence-corrected chi connectivity index (χ0v) is 15.2. The number of rotatable bonds is 4. The summed E-state index contributed by atoms with van der Waals surface area (Å²) >= 11 is 0. The summed E-state index contributed by atoms with van der Waals surface area (Å²) in [5, 5.41) is 9.01. The number of aromatic amines is 1. The van der Waals surface area contributed by atoms with Gasteiger partial charge in [-0.1, -0.05) is 0 Å². The number of nitrogens with one attached hydrogen (secondary N) is 1. The predicted molar refractivity (Wildman–Crippen MR) is 99.1 cm³/mol. The number of H-pyrrole nitrogens is 1. The Balaban J connectivity index is 1.48. The fraction of sp³-hybridized carbons (Fsp3) is 0.529. The molecule has 0 aliphatic carbocycles. The van der Waals surface area contributed by atoms with E-state index in [1.807, 2.05) is 10.9 Å². The van der Waals surface area contributed by atoms with Crippen LogP contribution in [0.4, 0.5) is 5.95 Å². The number of hydrogen-bond donors (Lipinski definition) is 1. The third-order valence-electron chi connectivity index (χ3n) is 4.89. The molecule has 3 aromatic heterocycles. The van der Waals surface area contributed by atoms with Crippen LogP contribution in [-0.2, 0) is 20.1 Å². The van der Waals surface area contributed by atoms with Crippen LogP contribution >= 0.6 is 0 Å². The Hall–Kier alpha value is -2.68. The van der Waals surface area contributed by atoms with E-state index in [0.717, 1.165) is 45.7 Å². The van der Waals surface area contributed by atoms with Crippen molar-refractivity contribution in [3.63, 3.8) is 0 Å². The third kappa shape index (κ3) is 3.22. The molecular formula is C17H24N8O. The minimum absolute atomic E-state index is 0.133. The van der Waals surface area contributed by atoms with Crippen LogP contribution < -0.4 is 10.5 Å². The Labute approximate surface area is 151 Å². The van der Waals surface area contributed by atoms with Crippen LogP contribution in [0, 0.1) is 0 Å². The molecule has 1 N–H and O–H groups in total. The maximum absolute atomic E-state index is 12.3. The highest BCUT2D eigenvalue weighted by Gasteiger charge is 2.19. The number of hydrogen-bond acceptors (Lipinski definition) is 6. The maximum Gasteiger partial charge on any atom is 0.263 e. The largest absolute Gasteiger partial charge is 0.341 e. The lowest BCUT2D eigenvalue weighted by Gasteiger charge is -2.22. The van der Waals surface area contributed by atoms with Gasteiger partial charge in [0, 0.05) is 58.1 Å². The smallest absolute Gasteiger partial charge is 0.263 e. The molecule has 4 heterocycles. The number of nitrogens with zero attached hydrogens (tertiary/aromatic N) is 7. The first kappa shape index (κ1) is 16.8. The average molecular weight is 356 g/mol. The van der Waals surface area contributed by atoms with Crippen LogP contribution in [0.5, 0.6) is 0 Å². The van der Waals surface area contributed by atoms with Crippen LogP contribution in [0.1, 0.15) is 18.9 Å². The molecule has 1 aliphatic rings. The molecule has 1 aliphatic heterocycles. The third-order valence-corrected chi connectivity index (χ3v) is 4.89. The first-order chi connectivity index (χ1) is 12.6. The summed E-state index contributed by atoms with van der Waals surface area (Å²) in [6.45, 7) is 7.52. The van der Waals surface area contributed by atoms with Gasteiger partial charge >= 0.3 is 0 Å². The van der Waals surface area contributed by atoms with Gasteiger partial charge in [0.25, 0.3) is 5.56 Å². The van der Waals surface area contributed by atoms with Gasteiger partial charge in [-0.05, 0) is 13.3 Å². The van der Waals surface area contributed by atoms with Gasteiger partial charge in [0.15, 0.2) is 5.65 Å². The fourth-order valence-corrected chi connectivity index (χ4v) is 3.43. The van der Waals surface area contributed by atoms with Crippen LogP contribution in [0.15, 0.2) is 23.4 Å². The van der Waals surface area contributed by atoms with Gasteiger partial charge in [-0.25, -0.2) is 0 Å². The summed E-state index contributed by atoms with van der Waals surface area (Å²) in [7, 11) is 1.80. The second-order valence-corrected chi connectivity index (χ2v) is 6.72. The van der Waals surface area contributed by atoms with Crippen LogP contribution in [0.2, 0.25) is 0 Å². The van der Waals surface area contributed by atoms with E-state index in [-0.39, 0.29) is 5.56 Å². The molecule has 1 saturated heterocycles. The van der Waals surface area contributed by atoms with Gasteiger partial charge in [0.1, 0.15) is 5.39 Å². The molecule has 0 bridgehead atoms. The molecule has 0 amide bonds. The standard InChI is InChI=1S/C17H24N8O/c1-3-25-12-13(9-19-25)11-23-5-4-6-24(8-7-23)17-20-15-14(16(26)21-17)10-18-22(15)2/h9-10,12H,3-8,11H2,1-2H3,(H,20,21,26). The Morgan fingerprint density at radius 1 is 1.15 bits per heavy atom. The fourth-order valence-electron chi connectivity index (χ4n) is 3.43. The molecular weight excluding hydrogens is 332 g/mol. The minimum Gasteiger partial charge on any atom is -0.341 e. The van der Waals surface area contributed by atoms with Crippen molar-refractivity contribution in [2.75, 3.05) is 31.1 Å². The molecule has 0 spiro atoms. The molecule has 9 heteroatoms. The molecule has 1 fully saturated rings. The van der Waals surface area contributed by atoms with Gasteiger partial charge in [-0.2, -0.15) is 15.2 Å². The van der Waals surface area contributed by atoms with Crippen molar-refractivity contribution < 1.29 is 0 Å². The molecule has 0 aromatic carbocycles. The predicted octanol–water partition coefficient (Wildman–Crippen LogP) is 0.585. The molecule has 0 unspecified atom stereocenters. The Morgan fingerprint density at radius 2 is 2.04 bits per heavy atom. The normalized spacial score (nSPS) is 16.3. The van der Waals surface area contributed by atoms with Gasteiger partial charge in [0.2, 0.25) is 5.95 Å². The van der Waals surface area contributed by atoms with E-state index >= 15 is 0 Å². The second-order valence-electron chi connectivity index (χ2n) is 6.72. The highest BCUT2D eigenvalue weighted by molar-refractivity contribution is 5.74. The SMILES string of the molecule is CCn1cc(CN2CCCN(c3nc4c(cnn4C)c(=O)[nH]3)CC2)cn1. The lowest BCUT2D eigenvalue weighted by Crippen LogP contribution is -2.32. The summed E-state index contributed by atoms with van der Waals surface area (Å²) in [5.74, 6) is 0.631. The molecule has 0 radical (unpaired) electrons. The first-order valence-electron chi connectivity index (χ1n) is 9.04. The summed E-state index contributed by atoms with van der Waals surface area (Å²) in [5.41, 5.74) is 1.73. The number of aromatic nitrogens is 6. The van der Waals surface area contributed by atoms with Crippen molar-refractivity contribution in [1.82, 2.24) is 34.4 Å². The van der Waals surface area contributed by atoms with E-state index in [0.29, 0.717) is 17.0 Å². The van der Waals surface area contributed by atoms with Crippen molar-refractivity contribution in [3.8, 4) is 0 Å². The van der Waals surface area contributed by atoms with Gasteiger partial charge < -0.3 is 4.90 Å². The van der Waals surface area contributed by atoms with E-state index in [1.165, 1.54) is 5.56 Å². The monoisotopic (exact) mass is 356 g/mol. The van der Waals surface area contributed by atoms with Crippen LogP contribution in [0.3, 0.4) is 0 Å². The van der Waals surface area contributed by atoms with Crippen molar-refractivity contribution in [2.45, 2.75) is 26.4 Å². The maximum atomic E-state index is 12.3. The van der Waals surface area contributed by atoms with E-state index in [9.17, 15) is 4.79 Å². The lowest BCUT2D eigenvalue weighted by molar-refractivity contribution is 0.285. The Morgan fingerprint density at radius 3 is 2.85 bits per heavy atom. The number of aryl methyl sites for hydroxylation is 2. The Bertz CT molecular complexity index is 955. The Kier molecular flexibility index (Phi) is 4.46. The zero-order chi connectivity index (χ0) is 18.1. The molecule has 3 aromatic rings. The average Bonchev–Trinajstić information content (AvgIpc) is 3.16. The van der Waals surface area contributed by atoms with E-state index in [4.69, 9.17) is 0 Å². The molecule has 9 nitrogen and oxygen atoms in total. The second kappa shape index (κ2) is 6.91. The van der Waals surface area contributed by atoms with Crippen LogP contribution in [0.25, 0.3) is 11.0 Å². The lowest BCUT2D eigenvalue weighted by atomic mass is 10.3. The summed E-state index contributed by atoms with van der Waals surface area (Å²) in [6.07, 6.45) is 6.64. The summed E-state index contributed by atoms with van der Waals surface area (Å²) < 4.78 is 3.60. The van der Waals surface area contributed by atoms with Crippen molar-refractivity contribution in [3.05, 3.63) is 34.5 Å². The summed E-state index contributed by atoms with van der Waals surface area (Å²) in [6, 6.07) is 0. The van der Waals surface area contributed by atoms with Gasteiger partial charge in [-0.15, -0.1) is 0 Å². The zero-order valence-electron chi connectivity index (χ0n) is 15.2. The molecule has 0 atom stereocenters. The van der Waals surface area contributed by atoms with Crippen molar-refractivity contribution in [1.29, 1.82) is 0 Å². The number of anilines is 1. The summed E-state index contributed by atoms with van der Waals surface area (Å²) in [4.78, 5) is 24.4. The molecule has 26 heavy (non-hydrogen) atoms. The molecule has 4 rings (SSSR count). The van der Waals surface area contributed by atoms with Crippen molar-refractivity contribution >= 4 is 17.0 Å². The molecule has 0 saturated carbocycles. The van der Waals surface area contributed by atoms with Crippen molar-refractivity contribution in [2.24, 2.45) is 7.05 Å². The first-order valence-corrected chi connectivity index (χ1v) is 9.04. The topological polar surface area (TPSA) is 87.9 Å². The highest BCUT2D eigenvalue weighted by atomic mass is 16.1. The van der Waals surface area contributed by atoms with E-state index < -0.39 is 0 Å². The van der Waals surface area contributed by atoms with Gasteiger partial charge in [0.05, 0.1) is 12.4 Å². The van der Waals surface area contributed by atoms with E-state index in [2.05, 4.69) is 43.1 Å². The number of fused-ring (bicyclic) bond motifs is 1.